The summed E-state index contributed by atoms with van der Waals surface area (Å²) in [4.78, 5) is 2.32. The van der Waals surface area contributed by atoms with Gasteiger partial charge in [-0.2, -0.15) is 5.10 Å². The summed E-state index contributed by atoms with van der Waals surface area (Å²) in [7, 11) is 1.93. The molecule has 0 aliphatic heterocycles. The number of hydrogen-bond donors (Lipinski definition) is 1. The normalized spacial score (nSPS) is 14.1. The second-order valence-electron chi connectivity index (χ2n) is 9.96. The lowest BCUT2D eigenvalue weighted by molar-refractivity contribution is 0.0637. The van der Waals surface area contributed by atoms with Crippen LogP contribution in [0.4, 0.5) is 0 Å². The molecule has 1 saturated carbocycles. The van der Waals surface area contributed by atoms with Gasteiger partial charge in [-0.15, -0.1) is 0 Å². The van der Waals surface area contributed by atoms with E-state index in [1.807, 2.05) is 78.5 Å². The first-order chi connectivity index (χ1) is 18.0. The molecule has 1 aliphatic rings. The van der Waals surface area contributed by atoms with Crippen LogP contribution in [0.5, 0.6) is 17.4 Å². The van der Waals surface area contributed by atoms with Gasteiger partial charge in [-0.05, 0) is 55.5 Å². The maximum absolute atomic E-state index is 10.9. The minimum Gasteiger partial charge on any atom is -0.491 e. The molecule has 0 amide bonds. The predicted molar refractivity (Wildman–Crippen MR) is 146 cm³/mol. The van der Waals surface area contributed by atoms with Crippen LogP contribution >= 0.6 is 0 Å². The van der Waals surface area contributed by atoms with Gasteiger partial charge in [-0.1, -0.05) is 60.7 Å². The molecule has 6 heteroatoms. The predicted octanol–water partition coefficient (Wildman–Crippen LogP) is 5.84. The highest BCUT2D eigenvalue weighted by atomic mass is 16.5. The van der Waals surface area contributed by atoms with Crippen molar-refractivity contribution in [3.8, 4) is 28.6 Å². The standard InChI is InChI=1S/C31H35N3O3/c1-23-10-9-15-28(18-23)37-31-29(30(32-33(31)2)25-11-5-3-6-12-25)21-34(19-24-16-17-24)20-26(35)22-36-27-13-7-4-8-14-27/h3-15,18,24,26,35H,16-17,19-22H2,1-2H3. The van der Waals surface area contributed by atoms with Crippen LogP contribution in [-0.2, 0) is 13.6 Å². The zero-order valence-electron chi connectivity index (χ0n) is 21.6. The quantitative estimate of drug-likeness (QED) is 0.266. The lowest BCUT2D eigenvalue weighted by atomic mass is 10.1. The number of aromatic nitrogens is 2. The van der Waals surface area contributed by atoms with E-state index in [-0.39, 0.29) is 6.61 Å². The van der Waals surface area contributed by atoms with Crippen molar-refractivity contribution in [2.45, 2.75) is 32.4 Å². The molecule has 0 saturated heterocycles. The molecule has 0 bridgehead atoms. The fourth-order valence-corrected chi connectivity index (χ4v) is 4.59. The first-order valence-corrected chi connectivity index (χ1v) is 13.0. The second-order valence-corrected chi connectivity index (χ2v) is 9.96. The van der Waals surface area contributed by atoms with Crippen molar-refractivity contribution < 1.29 is 14.6 Å². The third kappa shape index (κ3) is 6.79. The van der Waals surface area contributed by atoms with Crippen LogP contribution in [0.1, 0.15) is 24.0 Å². The molecule has 1 fully saturated rings. The van der Waals surface area contributed by atoms with Gasteiger partial charge in [-0.3, -0.25) is 4.90 Å². The summed E-state index contributed by atoms with van der Waals surface area (Å²) in [5.41, 5.74) is 4.11. The van der Waals surface area contributed by atoms with Crippen molar-refractivity contribution in [1.29, 1.82) is 0 Å². The van der Waals surface area contributed by atoms with E-state index in [1.165, 1.54) is 12.8 Å². The Hall–Kier alpha value is -3.61. The molecule has 1 N–H and O–H groups in total. The van der Waals surface area contributed by atoms with E-state index in [4.69, 9.17) is 14.6 Å². The summed E-state index contributed by atoms with van der Waals surface area (Å²) < 4.78 is 14.1. The number of aliphatic hydroxyl groups excluding tert-OH is 1. The van der Waals surface area contributed by atoms with Crippen LogP contribution < -0.4 is 9.47 Å². The van der Waals surface area contributed by atoms with Gasteiger partial charge in [0.25, 0.3) is 0 Å². The lowest BCUT2D eigenvalue weighted by Crippen LogP contribution is -2.36. The zero-order valence-corrected chi connectivity index (χ0v) is 21.6. The van der Waals surface area contributed by atoms with Crippen molar-refractivity contribution in [3.05, 3.63) is 96.1 Å². The van der Waals surface area contributed by atoms with Gasteiger partial charge in [0, 0.05) is 32.2 Å². The summed E-state index contributed by atoms with van der Waals surface area (Å²) in [6.45, 7) is 4.36. The molecule has 0 spiro atoms. The summed E-state index contributed by atoms with van der Waals surface area (Å²) in [6.07, 6.45) is 1.85. The molecular formula is C31H35N3O3. The Labute approximate surface area is 219 Å². The van der Waals surface area contributed by atoms with Crippen molar-refractivity contribution in [1.82, 2.24) is 14.7 Å². The van der Waals surface area contributed by atoms with Crippen molar-refractivity contribution in [2.75, 3.05) is 19.7 Å². The van der Waals surface area contributed by atoms with E-state index in [2.05, 4.69) is 30.0 Å². The van der Waals surface area contributed by atoms with Gasteiger partial charge in [0.2, 0.25) is 5.88 Å². The first-order valence-electron chi connectivity index (χ1n) is 13.0. The Kier molecular flexibility index (Phi) is 7.87. The highest BCUT2D eigenvalue weighted by molar-refractivity contribution is 5.65. The summed E-state index contributed by atoms with van der Waals surface area (Å²) in [6, 6.07) is 27.9. The third-order valence-corrected chi connectivity index (χ3v) is 6.59. The molecule has 192 valence electrons. The molecule has 3 aromatic carbocycles. The topological polar surface area (TPSA) is 59.8 Å². The van der Waals surface area contributed by atoms with E-state index < -0.39 is 6.10 Å². The van der Waals surface area contributed by atoms with E-state index in [9.17, 15) is 5.11 Å². The summed E-state index contributed by atoms with van der Waals surface area (Å²) in [5.74, 6) is 2.94. The van der Waals surface area contributed by atoms with Gasteiger partial charge in [-0.25, -0.2) is 4.68 Å². The number of benzene rings is 3. The number of rotatable bonds is 12. The Bertz CT molecular complexity index is 1290. The van der Waals surface area contributed by atoms with E-state index >= 15 is 0 Å². The van der Waals surface area contributed by atoms with E-state index in [0.29, 0.717) is 19.0 Å². The van der Waals surface area contributed by atoms with E-state index in [0.717, 1.165) is 46.3 Å². The SMILES string of the molecule is Cc1cccc(Oc2c(CN(CC(O)COc3ccccc3)CC3CC3)c(-c3ccccc3)nn2C)c1. The average Bonchev–Trinajstić information content (AvgIpc) is 3.68. The van der Waals surface area contributed by atoms with Crippen molar-refractivity contribution in [3.63, 3.8) is 0 Å². The second kappa shape index (κ2) is 11.6. The zero-order chi connectivity index (χ0) is 25.6. The molecule has 6 nitrogen and oxygen atoms in total. The van der Waals surface area contributed by atoms with Crippen LogP contribution in [-0.4, -0.2) is 45.6 Å². The van der Waals surface area contributed by atoms with Crippen LogP contribution in [0.2, 0.25) is 0 Å². The van der Waals surface area contributed by atoms with Gasteiger partial charge >= 0.3 is 0 Å². The number of hydrogen-bond acceptors (Lipinski definition) is 5. The molecule has 1 atom stereocenters. The van der Waals surface area contributed by atoms with Crippen LogP contribution in [0.25, 0.3) is 11.3 Å². The molecule has 1 aliphatic carbocycles. The highest BCUT2D eigenvalue weighted by Crippen LogP contribution is 2.36. The van der Waals surface area contributed by atoms with Gasteiger partial charge < -0.3 is 14.6 Å². The fraction of sp³-hybridized carbons (Fsp3) is 0.323. The molecule has 5 rings (SSSR count). The smallest absolute Gasteiger partial charge is 0.222 e. The minimum absolute atomic E-state index is 0.246. The monoisotopic (exact) mass is 497 g/mol. The maximum atomic E-state index is 10.9. The van der Waals surface area contributed by atoms with E-state index in [1.54, 1.807) is 0 Å². The number of nitrogens with zero attached hydrogens (tertiary/aromatic N) is 3. The lowest BCUT2D eigenvalue weighted by Gasteiger charge is -2.25. The van der Waals surface area contributed by atoms with Crippen LogP contribution in [0.3, 0.4) is 0 Å². The first kappa shape index (κ1) is 25.1. The molecule has 37 heavy (non-hydrogen) atoms. The van der Waals surface area contributed by atoms with Crippen LogP contribution in [0.15, 0.2) is 84.9 Å². The fourth-order valence-electron chi connectivity index (χ4n) is 4.59. The molecular weight excluding hydrogens is 462 g/mol. The third-order valence-electron chi connectivity index (χ3n) is 6.59. The maximum Gasteiger partial charge on any atom is 0.222 e. The Morgan fingerprint density at radius 3 is 2.38 bits per heavy atom. The van der Waals surface area contributed by atoms with Crippen molar-refractivity contribution >= 4 is 0 Å². The average molecular weight is 498 g/mol. The number of aryl methyl sites for hydroxylation is 2. The Morgan fingerprint density at radius 1 is 0.973 bits per heavy atom. The Morgan fingerprint density at radius 2 is 1.68 bits per heavy atom. The molecule has 1 unspecified atom stereocenters. The number of ether oxygens (including phenoxy) is 2. The van der Waals surface area contributed by atoms with Gasteiger partial charge in [0.05, 0.1) is 5.56 Å². The van der Waals surface area contributed by atoms with Gasteiger partial charge in [0.15, 0.2) is 0 Å². The molecule has 4 aromatic rings. The van der Waals surface area contributed by atoms with Crippen molar-refractivity contribution in [2.24, 2.45) is 13.0 Å². The summed E-state index contributed by atoms with van der Waals surface area (Å²) >= 11 is 0. The van der Waals surface area contributed by atoms with Crippen LogP contribution in [0, 0.1) is 12.8 Å². The molecule has 1 heterocycles. The summed E-state index contributed by atoms with van der Waals surface area (Å²) in [5, 5.41) is 15.8. The highest BCUT2D eigenvalue weighted by Gasteiger charge is 2.28. The number of para-hydroxylation sites is 1. The van der Waals surface area contributed by atoms with Gasteiger partial charge in [0.1, 0.15) is 29.9 Å². The number of aliphatic hydroxyl groups is 1. The molecule has 0 radical (unpaired) electrons. The largest absolute Gasteiger partial charge is 0.491 e. The Balaban J connectivity index is 1.40. The minimum atomic E-state index is -0.614. The molecule has 1 aromatic heterocycles.